The van der Waals surface area contributed by atoms with Crippen LogP contribution in [0.1, 0.15) is 117 Å². The first-order chi connectivity index (χ1) is 34.9. The number of nitrogens with one attached hydrogen (secondary N) is 4. The summed E-state index contributed by atoms with van der Waals surface area (Å²) in [5.41, 5.74) is -0.549. The van der Waals surface area contributed by atoms with Crippen LogP contribution in [-0.4, -0.2) is 114 Å². The number of carboxylic acid groups (broad SMARTS) is 1. The van der Waals surface area contributed by atoms with Crippen molar-refractivity contribution in [3.63, 3.8) is 0 Å². The van der Waals surface area contributed by atoms with Gasteiger partial charge in [-0.15, -0.1) is 10.2 Å². The van der Waals surface area contributed by atoms with Gasteiger partial charge in [-0.3, -0.25) is 9.59 Å². The number of rotatable bonds is 11. The molecule has 0 bridgehead atoms. The number of hydrogen-bond acceptors (Lipinski definition) is 13. The topological polar surface area (TPSA) is 247 Å². The summed E-state index contributed by atoms with van der Waals surface area (Å²) in [5.74, 6) is -2.01. The molecule has 24 heteroatoms. The molecule has 8 rings (SSSR count). The van der Waals surface area contributed by atoms with E-state index in [4.69, 9.17) is 37.4 Å². The van der Waals surface area contributed by atoms with Gasteiger partial charge in [-0.2, -0.15) is 0 Å². The Balaban J connectivity index is 0.000000217. The summed E-state index contributed by atoms with van der Waals surface area (Å²) in [6.45, 7) is 14.5. The van der Waals surface area contributed by atoms with E-state index in [9.17, 15) is 42.7 Å². The number of ether oxygens (including phenoxy) is 3. The lowest BCUT2D eigenvalue weighted by molar-refractivity contribution is 0.0488. The molecule has 0 unspecified atom stereocenters. The molecule has 0 saturated carbocycles. The van der Waals surface area contributed by atoms with Crippen LogP contribution in [0.4, 0.5) is 30.0 Å². The lowest BCUT2D eigenvalue weighted by Gasteiger charge is -2.34. The molecule has 2 atom stereocenters. The van der Waals surface area contributed by atoms with Crippen molar-refractivity contribution < 1.29 is 47.3 Å². The molecular formula is C50H58Cl2F2N10O10. The van der Waals surface area contributed by atoms with Crippen LogP contribution in [-0.2, 0) is 27.1 Å². The number of carbonyl (C=O) groups is 4. The second kappa shape index (κ2) is 22.5. The summed E-state index contributed by atoms with van der Waals surface area (Å²) < 4.78 is 46.4. The number of amides is 2. The number of esters is 1. The quantitative estimate of drug-likeness (QED) is 0.0617. The average molecular weight is 1070 g/mol. The first kappa shape index (κ1) is 54.6. The molecular weight excluding hydrogens is 1010 g/mol. The van der Waals surface area contributed by atoms with E-state index in [0.717, 1.165) is 25.7 Å². The zero-order valence-corrected chi connectivity index (χ0v) is 43.4. The number of hydrogen-bond donors (Lipinski definition) is 5. The number of alkyl carbamates (subject to hydrolysis) is 2. The van der Waals surface area contributed by atoms with Crippen LogP contribution in [0.5, 0.6) is 0 Å². The van der Waals surface area contributed by atoms with Gasteiger partial charge in [0, 0.05) is 72.3 Å². The van der Waals surface area contributed by atoms with Crippen LogP contribution in [0.25, 0.3) is 11.0 Å². The molecule has 4 aromatic heterocycles. The van der Waals surface area contributed by atoms with Crippen molar-refractivity contribution in [3.05, 3.63) is 125 Å². The fraction of sp³-hybridized carbons (Fsp3) is 0.440. The van der Waals surface area contributed by atoms with Crippen LogP contribution < -0.4 is 31.6 Å². The largest absolute Gasteiger partial charge is 0.477 e. The maximum absolute atomic E-state index is 14.1. The SMILES string of the molecule is CC(C)(C)OC(=O)N[C@@H]1CCCN(c2nn3cc(C(=O)O)[nH]c(=O)c3c2Cc2cc(F)ccc2Cl)C1.CCOC(=O)c1cn2nc(N3CCC[C@@H](NC(=O)OC(C)(C)C)C3)c(Cc3cc(F)ccc3Cl)c2c(=O)[nH]1. The Bertz CT molecular complexity index is 3220. The van der Waals surface area contributed by atoms with Crippen LogP contribution in [0.15, 0.2) is 58.4 Å². The maximum atomic E-state index is 14.1. The normalized spacial score (nSPS) is 16.1. The van der Waals surface area contributed by atoms with Crippen molar-refractivity contribution >= 4 is 70.0 Å². The van der Waals surface area contributed by atoms with Gasteiger partial charge in [-0.25, -0.2) is 37.0 Å². The van der Waals surface area contributed by atoms with Gasteiger partial charge in [-0.1, -0.05) is 23.2 Å². The Morgan fingerprint density at radius 2 is 1.14 bits per heavy atom. The van der Waals surface area contributed by atoms with Crippen molar-refractivity contribution in [2.75, 3.05) is 42.6 Å². The lowest BCUT2D eigenvalue weighted by atomic mass is 10.0. The molecule has 6 aromatic rings. The fourth-order valence-corrected chi connectivity index (χ4v) is 9.14. The summed E-state index contributed by atoms with van der Waals surface area (Å²) >= 11 is 12.7. The van der Waals surface area contributed by atoms with Gasteiger partial charge in [0.25, 0.3) is 11.1 Å². The second-order valence-electron chi connectivity index (χ2n) is 19.9. The fourth-order valence-electron chi connectivity index (χ4n) is 8.77. The van der Waals surface area contributed by atoms with Crippen molar-refractivity contribution in [3.8, 4) is 0 Å². The molecule has 2 amide bonds. The van der Waals surface area contributed by atoms with Crippen molar-refractivity contribution in [2.24, 2.45) is 0 Å². The number of carbonyl (C=O) groups excluding carboxylic acids is 3. The standard InChI is InChI=1S/C26H31ClFN5O5.C24H27ClFN5O5/c1-5-37-24(35)20-14-33-21(23(34)30-20)18(12-15-11-16(28)8-9-19(15)27)22(31-33)32-10-6-7-17(13-32)29-25(36)38-26(2,3)4;1-24(2,3)36-23(35)27-15-5-4-8-30(11-15)20-16(10-13-9-14(26)6-7-17(13)25)19-21(32)28-18(22(33)34)12-31(19)29-20/h8-9,11,14,17H,5-7,10,12-13H2,1-4H3,(H,29,36)(H,30,34);6-7,9,12,15H,4-5,8,10-11H2,1-3H3,(H,27,35)(H,28,32)(H,33,34)/t17-;15-/m11/s1. The number of carboxylic acids is 1. The maximum Gasteiger partial charge on any atom is 0.407 e. The predicted molar refractivity (Wildman–Crippen MR) is 272 cm³/mol. The van der Waals surface area contributed by atoms with Gasteiger partial charge < -0.3 is 49.7 Å². The third-order valence-corrected chi connectivity index (χ3v) is 12.5. The molecule has 2 fully saturated rings. The molecule has 0 spiro atoms. The highest BCUT2D eigenvalue weighted by atomic mass is 35.5. The van der Waals surface area contributed by atoms with Crippen LogP contribution in [0, 0.1) is 11.6 Å². The smallest absolute Gasteiger partial charge is 0.407 e. The highest BCUT2D eigenvalue weighted by Gasteiger charge is 2.32. The number of aromatic amines is 2. The van der Waals surface area contributed by atoms with Gasteiger partial charge in [0.1, 0.15) is 45.3 Å². The molecule has 2 aliphatic heterocycles. The molecule has 20 nitrogen and oxygen atoms in total. The number of benzene rings is 2. The van der Waals surface area contributed by atoms with Crippen molar-refractivity contribution in [1.29, 1.82) is 0 Å². The van der Waals surface area contributed by atoms with E-state index in [1.807, 2.05) is 9.80 Å². The number of piperidine rings is 2. The molecule has 0 radical (unpaired) electrons. The first-order valence-electron chi connectivity index (χ1n) is 23.9. The van der Waals surface area contributed by atoms with E-state index in [0.29, 0.717) is 70.1 Å². The molecule has 2 aromatic carbocycles. The third kappa shape index (κ3) is 13.5. The van der Waals surface area contributed by atoms with E-state index in [1.54, 1.807) is 48.5 Å². The number of aromatic carboxylic acids is 1. The van der Waals surface area contributed by atoms with Crippen molar-refractivity contribution in [2.45, 2.75) is 110 Å². The molecule has 6 heterocycles. The molecule has 74 heavy (non-hydrogen) atoms. The van der Waals surface area contributed by atoms with Crippen LogP contribution in [0.2, 0.25) is 10.0 Å². The predicted octanol–water partition coefficient (Wildman–Crippen LogP) is 7.67. The molecule has 2 saturated heterocycles. The Morgan fingerprint density at radius 1 is 0.716 bits per heavy atom. The van der Waals surface area contributed by atoms with Gasteiger partial charge in [0.05, 0.1) is 19.0 Å². The van der Waals surface area contributed by atoms with E-state index in [1.165, 1.54) is 57.8 Å². The number of anilines is 2. The Kier molecular flexibility index (Phi) is 16.6. The van der Waals surface area contributed by atoms with Crippen LogP contribution >= 0.6 is 23.2 Å². The zero-order chi connectivity index (χ0) is 53.8. The van der Waals surface area contributed by atoms with Gasteiger partial charge in [0.2, 0.25) is 0 Å². The second-order valence-corrected chi connectivity index (χ2v) is 20.7. The van der Waals surface area contributed by atoms with Gasteiger partial charge in [-0.05, 0) is 122 Å². The number of halogens is 4. The summed E-state index contributed by atoms with van der Waals surface area (Å²) in [5, 5.41) is 25.0. The molecule has 2 aliphatic rings. The zero-order valence-electron chi connectivity index (χ0n) is 41.9. The number of H-pyrrole nitrogens is 2. The van der Waals surface area contributed by atoms with E-state index >= 15 is 0 Å². The first-order valence-corrected chi connectivity index (χ1v) is 24.7. The highest BCUT2D eigenvalue weighted by molar-refractivity contribution is 6.31. The molecule has 5 N–H and O–H groups in total. The lowest BCUT2D eigenvalue weighted by Crippen LogP contribution is -2.49. The summed E-state index contributed by atoms with van der Waals surface area (Å²) in [7, 11) is 0. The monoisotopic (exact) mass is 1070 g/mol. The summed E-state index contributed by atoms with van der Waals surface area (Å²) in [6, 6.07) is 7.55. The van der Waals surface area contributed by atoms with E-state index < -0.39 is 58.1 Å². The van der Waals surface area contributed by atoms with Crippen LogP contribution in [0.3, 0.4) is 0 Å². The molecule has 0 aliphatic carbocycles. The Morgan fingerprint density at radius 3 is 1.54 bits per heavy atom. The minimum absolute atomic E-state index is 0.0446. The number of aromatic nitrogens is 6. The minimum atomic E-state index is -1.31. The van der Waals surface area contributed by atoms with Gasteiger partial charge in [0.15, 0.2) is 11.6 Å². The Hall–Kier alpha value is -7.20. The van der Waals surface area contributed by atoms with Gasteiger partial charge >= 0.3 is 24.1 Å². The highest BCUT2D eigenvalue weighted by Crippen LogP contribution is 2.32. The average Bonchev–Trinajstić information content (AvgIpc) is 3.86. The number of nitrogens with zero attached hydrogens (tertiary/aromatic N) is 6. The Labute approximate surface area is 433 Å². The number of fused-ring (bicyclic) bond motifs is 2. The van der Waals surface area contributed by atoms with E-state index in [-0.39, 0.29) is 54.0 Å². The minimum Gasteiger partial charge on any atom is -0.477 e. The summed E-state index contributed by atoms with van der Waals surface area (Å²) in [6.07, 6.45) is 4.72. The summed E-state index contributed by atoms with van der Waals surface area (Å²) in [4.78, 5) is 83.4. The van der Waals surface area contributed by atoms with E-state index in [2.05, 4.69) is 30.8 Å². The third-order valence-electron chi connectivity index (χ3n) is 11.8. The van der Waals surface area contributed by atoms with Crippen molar-refractivity contribution in [1.82, 2.24) is 39.8 Å². The molecule has 396 valence electrons.